The molecule has 1 rings (SSSR count). The third kappa shape index (κ3) is 4.76. The molecular weight excluding hydrogens is 250 g/mol. The van der Waals surface area contributed by atoms with E-state index >= 15 is 0 Å². The highest BCUT2D eigenvalue weighted by Crippen LogP contribution is 2.24. The molecule has 1 aromatic rings. The predicted molar refractivity (Wildman–Crippen MR) is 72.8 cm³/mol. The first-order valence-electron chi connectivity index (χ1n) is 6.28. The Kier molecular flexibility index (Phi) is 6.18. The lowest BCUT2D eigenvalue weighted by molar-refractivity contribution is 0.0972. The number of ether oxygens (including phenoxy) is 1. The van der Waals surface area contributed by atoms with Gasteiger partial charge >= 0.3 is 0 Å². The van der Waals surface area contributed by atoms with Crippen LogP contribution in [0.4, 0.5) is 8.78 Å². The SMILES string of the molecule is CNC(C)c1ccc(OC)c(CN(C)CC(F)F)c1. The van der Waals surface area contributed by atoms with E-state index in [4.69, 9.17) is 4.74 Å². The molecule has 0 bridgehead atoms. The second-order valence-corrected chi connectivity index (χ2v) is 4.67. The molecule has 0 aliphatic carbocycles. The second-order valence-electron chi connectivity index (χ2n) is 4.67. The van der Waals surface area contributed by atoms with Crippen molar-refractivity contribution in [1.29, 1.82) is 0 Å². The van der Waals surface area contributed by atoms with Crippen molar-refractivity contribution in [3.63, 3.8) is 0 Å². The highest BCUT2D eigenvalue weighted by Gasteiger charge is 2.13. The summed E-state index contributed by atoms with van der Waals surface area (Å²) in [6.07, 6.45) is -2.32. The van der Waals surface area contributed by atoms with E-state index in [0.29, 0.717) is 6.54 Å². The third-order valence-electron chi connectivity index (χ3n) is 3.13. The van der Waals surface area contributed by atoms with Gasteiger partial charge in [0.25, 0.3) is 6.43 Å². The van der Waals surface area contributed by atoms with E-state index in [-0.39, 0.29) is 12.6 Å². The lowest BCUT2D eigenvalue weighted by Crippen LogP contribution is -2.24. The summed E-state index contributed by atoms with van der Waals surface area (Å²) < 4.78 is 30.0. The molecule has 0 aromatic heterocycles. The van der Waals surface area contributed by atoms with Gasteiger partial charge in [0.05, 0.1) is 13.7 Å². The molecule has 0 saturated heterocycles. The summed E-state index contributed by atoms with van der Waals surface area (Å²) >= 11 is 0. The molecule has 1 N–H and O–H groups in total. The Balaban J connectivity index is 2.89. The molecule has 0 amide bonds. The lowest BCUT2D eigenvalue weighted by atomic mass is 10.0. The van der Waals surface area contributed by atoms with Crippen LogP contribution in [0.15, 0.2) is 18.2 Å². The summed E-state index contributed by atoms with van der Waals surface area (Å²) in [5.74, 6) is 0.730. The van der Waals surface area contributed by atoms with Crippen molar-refractivity contribution >= 4 is 0 Å². The van der Waals surface area contributed by atoms with Gasteiger partial charge in [0.1, 0.15) is 5.75 Å². The Morgan fingerprint density at radius 1 is 1.37 bits per heavy atom. The van der Waals surface area contributed by atoms with E-state index < -0.39 is 6.43 Å². The van der Waals surface area contributed by atoms with Crippen molar-refractivity contribution in [2.24, 2.45) is 0 Å². The van der Waals surface area contributed by atoms with Crippen LogP contribution < -0.4 is 10.1 Å². The van der Waals surface area contributed by atoms with E-state index in [1.165, 1.54) is 0 Å². The number of benzene rings is 1. The Labute approximate surface area is 113 Å². The number of nitrogens with one attached hydrogen (secondary N) is 1. The van der Waals surface area contributed by atoms with E-state index in [9.17, 15) is 8.78 Å². The Morgan fingerprint density at radius 2 is 2.05 bits per heavy atom. The van der Waals surface area contributed by atoms with Crippen molar-refractivity contribution in [3.8, 4) is 5.75 Å². The summed E-state index contributed by atoms with van der Waals surface area (Å²) in [6, 6.07) is 6.08. The minimum Gasteiger partial charge on any atom is -0.496 e. The third-order valence-corrected chi connectivity index (χ3v) is 3.13. The van der Waals surface area contributed by atoms with Gasteiger partial charge < -0.3 is 10.1 Å². The fourth-order valence-corrected chi connectivity index (χ4v) is 1.95. The molecular formula is C14H22F2N2O. The second kappa shape index (κ2) is 7.40. The number of alkyl halides is 2. The summed E-state index contributed by atoms with van der Waals surface area (Å²) in [5.41, 5.74) is 2.04. The van der Waals surface area contributed by atoms with Gasteiger partial charge in [-0.25, -0.2) is 8.78 Å². The molecule has 0 saturated carbocycles. The molecule has 3 nitrogen and oxygen atoms in total. The number of hydrogen-bond donors (Lipinski definition) is 1. The monoisotopic (exact) mass is 272 g/mol. The zero-order valence-electron chi connectivity index (χ0n) is 11.9. The normalized spacial score (nSPS) is 13.1. The maximum atomic E-state index is 12.3. The molecule has 0 radical (unpaired) electrons. The summed E-state index contributed by atoms with van der Waals surface area (Å²) in [5, 5.41) is 3.16. The van der Waals surface area contributed by atoms with E-state index in [1.54, 1.807) is 19.1 Å². The number of rotatable bonds is 7. The Bertz CT molecular complexity index is 399. The molecule has 0 heterocycles. The zero-order chi connectivity index (χ0) is 14.4. The average Bonchev–Trinajstić information content (AvgIpc) is 2.36. The van der Waals surface area contributed by atoms with Crippen LogP contribution in [-0.2, 0) is 6.54 Å². The molecule has 0 fully saturated rings. The Morgan fingerprint density at radius 3 is 2.58 bits per heavy atom. The van der Waals surface area contributed by atoms with Gasteiger partial charge in [0, 0.05) is 18.2 Å². The molecule has 0 spiro atoms. The van der Waals surface area contributed by atoms with Crippen molar-refractivity contribution < 1.29 is 13.5 Å². The van der Waals surface area contributed by atoms with Crippen LogP contribution >= 0.6 is 0 Å². The predicted octanol–water partition coefficient (Wildman–Crippen LogP) is 2.67. The van der Waals surface area contributed by atoms with Crippen LogP contribution in [0.2, 0.25) is 0 Å². The van der Waals surface area contributed by atoms with Gasteiger partial charge in [0.15, 0.2) is 0 Å². The van der Waals surface area contributed by atoms with Crippen molar-refractivity contribution in [1.82, 2.24) is 10.2 Å². The fraction of sp³-hybridized carbons (Fsp3) is 0.571. The van der Waals surface area contributed by atoms with Crippen molar-refractivity contribution in [3.05, 3.63) is 29.3 Å². The van der Waals surface area contributed by atoms with Gasteiger partial charge in [-0.15, -0.1) is 0 Å². The van der Waals surface area contributed by atoms with Crippen molar-refractivity contribution in [2.45, 2.75) is 25.9 Å². The quantitative estimate of drug-likeness (QED) is 0.826. The summed E-state index contributed by atoms with van der Waals surface area (Å²) in [6.45, 7) is 2.25. The first kappa shape index (κ1) is 15.9. The first-order valence-corrected chi connectivity index (χ1v) is 6.28. The van der Waals surface area contributed by atoms with Crippen molar-refractivity contribution in [2.75, 3.05) is 27.7 Å². The van der Waals surface area contributed by atoms with Crippen LogP contribution in [0, 0.1) is 0 Å². The fourth-order valence-electron chi connectivity index (χ4n) is 1.95. The molecule has 5 heteroatoms. The molecule has 0 aliphatic heterocycles. The smallest absolute Gasteiger partial charge is 0.251 e. The highest BCUT2D eigenvalue weighted by atomic mass is 19.3. The minimum absolute atomic E-state index is 0.213. The lowest BCUT2D eigenvalue weighted by Gasteiger charge is -2.20. The van der Waals surface area contributed by atoms with Crippen LogP contribution in [0.3, 0.4) is 0 Å². The van der Waals surface area contributed by atoms with Gasteiger partial charge in [0.2, 0.25) is 0 Å². The van der Waals surface area contributed by atoms with E-state index in [1.807, 2.05) is 25.2 Å². The topological polar surface area (TPSA) is 24.5 Å². The summed E-state index contributed by atoms with van der Waals surface area (Å²) in [4.78, 5) is 1.59. The van der Waals surface area contributed by atoms with E-state index in [0.717, 1.165) is 16.9 Å². The van der Waals surface area contributed by atoms with Crippen LogP contribution in [0.5, 0.6) is 5.75 Å². The van der Waals surface area contributed by atoms with Gasteiger partial charge in [-0.05, 0) is 38.7 Å². The standard InChI is InChI=1S/C14H22F2N2O/c1-10(17-2)11-5-6-13(19-4)12(7-11)8-18(3)9-14(15)16/h5-7,10,14,17H,8-9H2,1-4H3. The highest BCUT2D eigenvalue weighted by molar-refractivity contribution is 5.38. The Hall–Kier alpha value is -1.20. The number of halogens is 2. The van der Waals surface area contributed by atoms with Crippen LogP contribution in [0.25, 0.3) is 0 Å². The summed E-state index contributed by atoms with van der Waals surface area (Å²) in [7, 11) is 5.16. The van der Waals surface area contributed by atoms with Gasteiger partial charge in [-0.2, -0.15) is 0 Å². The molecule has 1 aromatic carbocycles. The number of nitrogens with zero attached hydrogens (tertiary/aromatic N) is 1. The molecule has 1 atom stereocenters. The van der Waals surface area contributed by atoms with Crippen LogP contribution in [0.1, 0.15) is 24.1 Å². The number of hydrogen-bond acceptors (Lipinski definition) is 3. The maximum absolute atomic E-state index is 12.3. The largest absolute Gasteiger partial charge is 0.496 e. The number of methoxy groups -OCH3 is 1. The zero-order valence-corrected chi connectivity index (χ0v) is 11.9. The molecule has 1 unspecified atom stereocenters. The molecule has 0 aliphatic rings. The van der Waals surface area contributed by atoms with Gasteiger partial charge in [-0.1, -0.05) is 6.07 Å². The molecule has 108 valence electrons. The maximum Gasteiger partial charge on any atom is 0.251 e. The van der Waals surface area contributed by atoms with Crippen LogP contribution in [-0.4, -0.2) is 39.1 Å². The van der Waals surface area contributed by atoms with E-state index in [2.05, 4.69) is 12.2 Å². The minimum atomic E-state index is -2.32. The molecule has 19 heavy (non-hydrogen) atoms. The van der Waals surface area contributed by atoms with Gasteiger partial charge in [-0.3, -0.25) is 4.90 Å². The first-order chi connectivity index (χ1) is 8.97. The average molecular weight is 272 g/mol.